The topological polar surface area (TPSA) is 51.1 Å². The maximum absolute atomic E-state index is 13.1. The van der Waals surface area contributed by atoms with Gasteiger partial charge in [-0.2, -0.15) is 0 Å². The Morgan fingerprint density at radius 2 is 1.97 bits per heavy atom. The number of amides is 1. The molecular weight excluding hydrogens is 396 g/mol. The second-order valence-corrected chi connectivity index (χ2v) is 7.78. The fourth-order valence-electron chi connectivity index (χ4n) is 2.99. The van der Waals surface area contributed by atoms with Crippen molar-refractivity contribution in [1.29, 1.82) is 0 Å². The van der Waals surface area contributed by atoms with E-state index in [0.717, 1.165) is 17.7 Å². The van der Waals surface area contributed by atoms with Gasteiger partial charge < -0.3 is 9.47 Å². The summed E-state index contributed by atoms with van der Waals surface area (Å²) in [5.41, 5.74) is 2.78. The average Bonchev–Trinajstić information content (AvgIpc) is 3.03. The van der Waals surface area contributed by atoms with Gasteiger partial charge in [0.15, 0.2) is 16.7 Å². The molecule has 1 aliphatic rings. The Kier molecular flexibility index (Phi) is 7.36. The lowest BCUT2D eigenvalue weighted by Gasteiger charge is -2.14. The van der Waals surface area contributed by atoms with Crippen LogP contribution in [0.25, 0.3) is 6.08 Å². The number of amidine groups is 1. The summed E-state index contributed by atoms with van der Waals surface area (Å²) in [6.07, 6.45) is 4.36. The predicted molar refractivity (Wildman–Crippen MR) is 125 cm³/mol. The first-order valence-electron chi connectivity index (χ1n) is 9.84. The van der Waals surface area contributed by atoms with Gasteiger partial charge in [-0.1, -0.05) is 49.4 Å². The van der Waals surface area contributed by atoms with Crippen LogP contribution in [-0.4, -0.2) is 36.2 Å². The lowest BCUT2D eigenvalue weighted by molar-refractivity contribution is -0.122. The van der Waals surface area contributed by atoms with E-state index in [1.807, 2.05) is 62.4 Å². The summed E-state index contributed by atoms with van der Waals surface area (Å²) in [7, 11) is 1.60. The molecule has 1 aliphatic heterocycles. The average molecular weight is 423 g/mol. The van der Waals surface area contributed by atoms with Gasteiger partial charge in [0.2, 0.25) is 0 Å². The number of nitrogens with zero attached hydrogens (tertiary/aromatic N) is 2. The zero-order valence-electron chi connectivity index (χ0n) is 17.6. The summed E-state index contributed by atoms with van der Waals surface area (Å²) in [5, 5.41) is 0.688. The van der Waals surface area contributed by atoms with Crippen LogP contribution in [-0.2, 0) is 4.79 Å². The standard InChI is InChI=1S/C24H26N2O3S/c1-5-14-26-23(27)21(30-24(26)25-19-12-10-17(3)11-13-19)16-18-8-7-9-20(28-4)22(18)29-15-6-2/h6-13,16H,2,5,14-15H2,1,3-4H3/b21-16+,25-24?. The molecule has 0 saturated carbocycles. The molecule has 2 aromatic carbocycles. The van der Waals surface area contributed by atoms with Crippen molar-refractivity contribution in [2.45, 2.75) is 20.3 Å². The fraction of sp³-hybridized carbons (Fsp3) is 0.250. The van der Waals surface area contributed by atoms with E-state index in [2.05, 4.69) is 6.58 Å². The first-order chi connectivity index (χ1) is 14.6. The zero-order chi connectivity index (χ0) is 21.5. The lowest BCUT2D eigenvalue weighted by atomic mass is 10.1. The maximum atomic E-state index is 13.1. The molecule has 1 fully saturated rings. The van der Waals surface area contributed by atoms with Crippen LogP contribution in [0.2, 0.25) is 0 Å². The number of ether oxygens (including phenoxy) is 2. The van der Waals surface area contributed by atoms with Gasteiger partial charge in [0.05, 0.1) is 17.7 Å². The van der Waals surface area contributed by atoms with Gasteiger partial charge in [-0.25, -0.2) is 4.99 Å². The highest BCUT2D eigenvalue weighted by Gasteiger charge is 2.33. The third-order valence-electron chi connectivity index (χ3n) is 4.46. The summed E-state index contributed by atoms with van der Waals surface area (Å²) in [4.78, 5) is 20.2. The minimum absolute atomic E-state index is 0.0507. The Morgan fingerprint density at radius 3 is 2.63 bits per heavy atom. The number of carbonyl (C=O) groups is 1. The summed E-state index contributed by atoms with van der Waals surface area (Å²) in [6, 6.07) is 13.6. The Balaban J connectivity index is 1.98. The first kappa shape index (κ1) is 21.7. The van der Waals surface area contributed by atoms with E-state index < -0.39 is 0 Å². The second kappa shape index (κ2) is 10.2. The highest BCUT2D eigenvalue weighted by Crippen LogP contribution is 2.38. The number of rotatable bonds is 8. The number of thioether (sulfide) groups is 1. The molecule has 5 nitrogen and oxygen atoms in total. The summed E-state index contributed by atoms with van der Waals surface area (Å²) >= 11 is 1.38. The maximum Gasteiger partial charge on any atom is 0.266 e. The number of aliphatic imine (C=N–C) groups is 1. The molecule has 0 aliphatic carbocycles. The van der Waals surface area contributed by atoms with Crippen LogP contribution < -0.4 is 9.47 Å². The van der Waals surface area contributed by atoms with Gasteiger partial charge in [-0.3, -0.25) is 9.69 Å². The number of carbonyl (C=O) groups excluding carboxylic acids is 1. The Hall–Kier alpha value is -2.99. The molecule has 0 radical (unpaired) electrons. The van der Waals surface area contributed by atoms with Crippen LogP contribution in [0.3, 0.4) is 0 Å². The van der Waals surface area contributed by atoms with Gasteiger partial charge >= 0.3 is 0 Å². The molecule has 0 bridgehead atoms. The number of hydrogen-bond donors (Lipinski definition) is 0. The van der Waals surface area contributed by atoms with Crippen LogP contribution in [0, 0.1) is 6.92 Å². The van der Waals surface area contributed by atoms with Gasteiger partial charge in [-0.15, -0.1) is 0 Å². The van der Waals surface area contributed by atoms with Gasteiger partial charge in [0, 0.05) is 12.1 Å². The monoisotopic (exact) mass is 422 g/mol. The van der Waals surface area contributed by atoms with Crippen molar-refractivity contribution >= 4 is 34.6 Å². The summed E-state index contributed by atoms with van der Waals surface area (Å²) in [5.74, 6) is 1.15. The van der Waals surface area contributed by atoms with E-state index in [1.54, 1.807) is 18.1 Å². The van der Waals surface area contributed by atoms with E-state index >= 15 is 0 Å². The molecule has 0 spiro atoms. The third-order valence-corrected chi connectivity index (χ3v) is 5.46. The molecule has 0 N–H and O–H groups in total. The van der Waals surface area contributed by atoms with Gasteiger partial charge in [0.1, 0.15) is 6.61 Å². The van der Waals surface area contributed by atoms with Crippen molar-refractivity contribution < 1.29 is 14.3 Å². The van der Waals surface area contributed by atoms with Crippen molar-refractivity contribution in [2.24, 2.45) is 4.99 Å². The summed E-state index contributed by atoms with van der Waals surface area (Å²) < 4.78 is 11.2. The van der Waals surface area contributed by atoms with Crippen molar-refractivity contribution in [2.75, 3.05) is 20.3 Å². The smallest absolute Gasteiger partial charge is 0.266 e. The normalized spacial score (nSPS) is 16.4. The summed E-state index contributed by atoms with van der Waals surface area (Å²) in [6.45, 7) is 8.75. The molecule has 30 heavy (non-hydrogen) atoms. The number of methoxy groups -OCH3 is 1. The molecule has 1 heterocycles. The van der Waals surface area contributed by atoms with Crippen LogP contribution >= 0.6 is 11.8 Å². The first-order valence-corrected chi connectivity index (χ1v) is 10.7. The quantitative estimate of drug-likeness (QED) is 0.411. The molecule has 3 rings (SSSR count). The van der Waals surface area contributed by atoms with Crippen molar-refractivity contribution in [3.63, 3.8) is 0 Å². The van der Waals surface area contributed by atoms with Gasteiger partial charge in [0.25, 0.3) is 5.91 Å². The largest absolute Gasteiger partial charge is 0.493 e. The molecule has 0 aromatic heterocycles. The highest BCUT2D eigenvalue weighted by molar-refractivity contribution is 8.18. The van der Waals surface area contributed by atoms with Crippen molar-refractivity contribution in [1.82, 2.24) is 4.90 Å². The molecule has 1 amide bonds. The molecular formula is C24H26N2O3S. The van der Waals surface area contributed by atoms with Crippen LogP contribution in [0.4, 0.5) is 5.69 Å². The molecule has 1 saturated heterocycles. The van der Waals surface area contributed by atoms with Crippen LogP contribution in [0.15, 0.2) is 65.0 Å². The fourth-order valence-corrected chi connectivity index (χ4v) is 4.00. The molecule has 2 aromatic rings. The number of hydrogen-bond acceptors (Lipinski definition) is 5. The van der Waals surface area contributed by atoms with E-state index in [9.17, 15) is 4.79 Å². The second-order valence-electron chi connectivity index (χ2n) is 6.78. The van der Waals surface area contributed by atoms with E-state index in [-0.39, 0.29) is 5.91 Å². The minimum atomic E-state index is -0.0507. The predicted octanol–water partition coefficient (Wildman–Crippen LogP) is 5.58. The minimum Gasteiger partial charge on any atom is -0.493 e. The Morgan fingerprint density at radius 1 is 1.20 bits per heavy atom. The van der Waals surface area contributed by atoms with Crippen molar-refractivity contribution in [3.05, 3.63) is 71.2 Å². The molecule has 156 valence electrons. The number of para-hydroxylation sites is 1. The van der Waals surface area contributed by atoms with E-state index in [1.165, 1.54) is 17.3 Å². The van der Waals surface area contributed by atoms with Gasteiger partial charge in [-0.05, 0) is 49.4 Å². The lowest BCUT2D eigenvalue weighted by Crippen LogP contribution is -2.29. The highest BCUT2D eigenvalue weighted by atomic mass is 32.2. The van der Waals surface area contributed by atoms with Crippen molar-refractivity contribution in [3.8, 4) is 11.5 Å². The zero-order valence-corrected chi connectivity index (χ0v) is 18.4. The van der Waals surface area contributed by atoms with Crippen LogP contribution in [0.1, 0.15) is 24.5 Å². The van der Waals surface area contributed by atoms with Crippen LogP contribution in [0.5, 0.6) is 11.5 Å². The third kappa shape index (κ3) is 4.94. The van der Waals surface area contributed by atoms with E-state index in [0.29, 0.717) is 34.7 Å². The number of benzene rings is 2. The number of aryl methyl sites for hydroxylation is 1. The molecule has 0 unspecified atom stereocenters. The Bertz CT molecular complexity index is 980. The molecule has 6 heteroatoms. The Labute approximate surface area is 182 Å². The SMILES string of the molecule is C=CCOc1c(/C=C2/SC(=Nc3ccc(C)cc3)N(CCC)C2=O)cccc1OC. The van der Waals surface area contributed by atoms with E-state index in [4.69, 9.17) is 14.5 Å². The molecule has 0 atom stereocenters.